The van der Waals surface area contributed by atoms with E-state index in [1.807, 2.05) is 6.92 Å². The zero-order valence-corrected chi connectivity index (χ0v) is 15.1. The molecule has 0 saturated heterocycles. The van der Waals surface area contributed by atoms with Gasteiger partial charge in [-0.1, -0.05) is 6.92 Å². The van der Waals surface area contributed by atoms with Crippen molar-refractivity contribution in [2.75, 3.05) is 53.4 Å². The van der Waals surface area contributed by atoms with Gasteiger partial charge in [-0.2, -0.15) is 0 Å². The lowest BCUT2D eigenvalue weighted by Gasteiger charge is -2.36. The molecule has 1 aliphatic heterocycles. The highest BCUT2D eigenvalue weighted by atomic mass is 16.5. The molecule has 1 heterocycles. The van der Waals surface area contributed by atoms with Gasteiger partial charge in [0.1, 0.15) is 12.0 Å². The number of rotatable bonds is 6. The Labute approximate surface area is 135 Å². The maximum absolute atomic E-state index is 5.86. The molecule has 1 aliphatic rings. The second kappa shape index (κ2) is 6.09. The summed E-state index contributed by atoms with van der Waals surface area (Å²) in [5.74, 6) is 0.947. The number of hydrogen-bond donors (Lipinski definition) is 0. The van der Waals surface area contributed by atoms with Crippen molar-refractivity contribution < 1.29 is 14.0 Å². The van der Waals surface area contributed by atoms with Crippen LogP contribution in [0.5, 0.6) is 5.75 Å². The highest BCUT2D eigenvalue weighted by molar-refractivity contribution is 5.65. The fraction of sp³-hybridized carbons (Fsp3) is 0.667. The van der Waals surface area contributed by atoms with Crippen LogP contribution >= 0.6 is 0 Å². The van der Waals surface area contributed by atoms with E-state index in [-0.39, 0.29) is 11.6 Å². The van der Waals surface area contributed by atoms with E-state index in [0.717, 1.165) is 23.2 Å². The van der Waals surface area contributed by atoms with Crippen molar-refractivity contribution >= 4 is 5.69 Å². The molecule has 124 valence electrons. The molecule has 0 bridgehead atoms. The zero-order valence-electron chi connectivity index (χ0n) is 15.1. The molecule has 1 unspecified atom stereocenters. The SMILES string of the molecule is CCOc1ccc2c(c1)[C@](C)(CC[N+](C)(C)C)C(OC)N2C. The fourth-order valence-corrected chi connectivity index (χ4v) is 3.47. The van der Waals surface area contributed by atoms with E-state index >= 15 is 0 Å². The van der Waals surface area contributed by atoms with Crippen molar-refractivity contribution in [2.45, 2.75) is 31.9 Å². The standard InChI is InChI=1S/C18H31N2O2/c1-8-22-14-9-10-16-15(13-14)18(2,11-12-20(4,5)6)17(21-7)19(16)3/h9-10,13,17H,8,11-12H2,1-7H3/q+1/t17?,18-/m0/s1. The average Bonchev–Trinajstić information content (AvgIpc) is 2.65. The first-order valence-electron chi connectivity index (χ1n) is 8.06. The van der Waals surface area contributed by atoms with Gasteiger partial charge in [-0.3, -0.25) is 0 Å². The maximum atomic E-state index is 5.86. The van der Waals surface area contributed by atoms with Crippen molar-refractivity contribution in [3.05, 3.63) is 23.8 Å². The van der Waals surface area contributed by atoms with Crippen LogP contribution in [0.25, 0.3) is 0 Å². The number of methoxy groups -OCH3 is 1. The highest BCUT2D eigenvalue weighted by Gasteiger charge is 2.47. The van der Waals surface area contributed by atoms with Crippen LogP contribution < -0.4 is 9.64 Å². The minimum atomic E-state index is -0.0303. The monoisotopic (exact) mass is 307 g/mol. The Bertz CT molecular complexity index is 524. The first-order valence-corrected chi connectivity index (χ1v) is 8.06. The predicted octanol–water partition coefficient (Wildman–Crippen LogP) is 2.86. The number of likely N-dealkylation sites (N-methyl/N-ethyl adjacent to an activating group) is 1. The van der Waals surface area contributed by atoms with Crippen molar-refractivity contribution in [3.8, 4) is 5.75 Å². The number of quaternary nitrogens is 1. The van der Waals surface area contributed by atoms with Crippen LogP contribution in [0.2, 0.25) is 0 Å². The molecule has 0 N–H and O–H groups in total. The molecule has 0 radical (unpaired) electrons. The van der Waals surface area contributed by atoms with Crippen LogP contribution in [0.1, 0.15) is 25.8 Å². The Hall–Kier alpha value is -1.26. The van der Waals surface area contributed by atoms with Gasteiger partial charge in [-0.25, -0.2) is 0 Å². The number of anilines is 1. The van der Waals surface area contributed by atoms with Gasteiger partial charge in [0.15, 0.2) is 0 Å². The number of benzene rings is 1. The number of ether oxygens (including phenoxy) is 2. The molecule has 0 spiro atoms. The quantitative estimate of drug-likeness (QED) is 0.754. The van der Waals surface area contributed by atoms with E-state index in [4.69, 9.17) is 9.47 Å². The fourth-order valence-electron chi connectivity index (χ4n) is 3.47. The average molecular weight is 307 g/mol. The number of nitrogens with zero attached hydrogens (tertiary/aromatic N) is 2. The van der Waals surface area contributed by atoms with Gasteiger partial charge < -0.3 is 18.9 Å². The van der Waals surface area contributed by atoms with Crippen molar-refractivity contribution in [3.63, 3.8) is 0 Å². The molecule has 0 aromatic heterocycles. The second-order valence-electron chi connectivity index (χ2n) is 7.49. The largest absolute Gasteiger partial charge is 0.494 e. The Morgan fingerprint density at radius 3 is 2.50 bits per heavy atom. The van der Waals surface area contributed by atoms with Gasteiger partial charge in [-0.05, 0) is 30.7 Å². The summed E-state index contributed by atoms with van der Waals surface area (Å²) in [6.07, 6.45) is 1.13. The van der Waals surface area contributed by atoms with Crippen LogP contribution in [0.3, 0.4) is 0 Å². The summed E-state index contributed by atoms with van der Waals surface area (Å²) < 4.78 is 12.5. The smallest absolute Gasteiger partial charge is 0.139 e. The van der Waals surface area contributed by atoms with Gasteiger partial charge in [-0.15, -0.1) is 0 Å². The molecule has 1 aromatic carbocycles. The second-order valence-corrected chi connectivity index (χ2v) is 7.49. The molecule has 1 aromatic rings. The molecule has 4 heteroatoms. The normalized spacial score (nSPS) is 24.5. The molecule has 0 saturated carbocycles. The molecule has 2 rings (SSSR count). The van der Waals surface area contributed by atoms with E-state index in [2.05, 4.69) is 58.2 Å². The minimum absolute atomic E-state index is 0.0303. The lowest BCUT2D eigenvalue weighted by Crippen LogP contribution is -2.46. The molecule has 22 heavy (non-hydrogen) atoms. The van der Waals surface area contributed by atoms with E-state index in [1.54, 1.807) is 7.11 Å². The van der Waals surface area contributed by atoms with Gasteiger partial charge in [0.25, 0.3) is 0 Å². The Balaban J connectivity index is 2.41. The van der Waals surface area contributed by atoms with E-state index < -0.39 is 0 Å². The minimum Gasteiger partial charge on any atom is -0.494 e. The topological polar surface area (TPSA) is 21.7 Å². The molecule has 0 fully saturated rings. The van der Waals surface area contributed by atoms with Crippen molar-refractivity contribution in [1.82, 2.24) is 0 Å². The van der Waals surface area contributed by atoms with E-state index in [0.29, 0.717) is 6.61 Å². The molecule has 0 aliphatic carbocycles. The third-order valence-corrected chi connectivity index (χ3v) is 4.70. The van der Waals surface area contributed by atoms with Crippen LogP contribution in [0, 0.1) is 0 Å². The third-order valence-electron chi connectivity index (χ3n) is 4.70. The summed E-state index contributed by atoms with van der Waals surface area (Å²) in [5.41, 5.74) is 2.55. The third kappa shape index (κ3) is 3.08. The summed E-state index contributed by atoms with van der Waals surface area (Å²) >= 11 is 0. The Kier molecular flexibility index (Phi) is 4.73. The van der Waals surface area contributed by atoms with E-state index in [1.165, 1.54) is 11.3 Å². The van der Waals surface area contributed by atoms with Crippen LogP contribution in [0.15, 0.2) is 18.2 Å². The van der Waals surface area contributed by atoms with Gasteiger partial charge >= 0.3 is 0 Å². The van der Waals surface area contributed by atoms with Gasteiger partial charge in [0.2, 0.25) is 0 Å². The summed E-state index contributed by atoms with van der Waals surface area (Å²) in [6.45, 7) is 6.13. The van der Waals surface area contributed by atoms with E-state index in [9.17, 15) is 0 Å². The Morgan fingerprint density at radius 1 is 1.27 bits per heavy atom. The maximum Gasteiger partial charge on any atom is 0.139 e. The van der Waals surface area contributed by atoms with Crippen molar-refractivity contribution in [2.24, 2.45) is 0 Å². The predicted molar refractivity (Wildman–Crippen MR) is 91.7 cm³/mol. The van der Waals surface area contributed by atoms with Gasteiger partial charge in [0.05, 0.1) is 34.3 Å². The first-order chi connectivity index (χ1) is 10.2. The van der Waals surface area contributed by atoms with Crippen LogP contribution in [-0.4, -0.2) is 59.2 Å². The molecular weight excluding hydrogens is 276 g/mol. The molecule has 0 amide bonds. The zero-order chi connectivity index (χ0) is 16.5. The highest BCUT2D eigenvalue weighted by Crippen LogP contribution is 2.48. The van der Waals surface area contributed by atoms with Crippen molar-refractivity contribution in [1.29, 1.82) is 0 Å². The summed E-state index contributed by atoms with van der Waals surface area (Å²) in [4.78, 5) is 2.25. The molecule has 4 nitrogen and oxygen atoms in total. The summed E-state index contributed by atoms with van der Waals surface area (Å²) in [7, 11) is 10.6. The molecular formula is C18H31N2O2+. The van der Waals surface area contributed by atoms with Crippen LogP contribution in [-0.2, 0) is 10.2 Å². The number of hydrogen-bond acceptors (Lipinski definition) is 3. The summed E-state index contributed by atoms with van der Waals surface area (Å²) in [6, 6.07) is 6.41. The molecule has 2 atom stereocenters. The van der Waals surface area contributed by atoms with Crippen LogP contribution in [0.4, 0.5) is 5.69 Å². The van der Waals surface area contributed by atoms with Gasteiger partial charge in [0, 0.05) is 31.7 Å². The Morgan fingerprint density at radius 2 is 1.95 bits per heavy atom. The first kappa shape index (κ1) is 17.1. The lowest BCUT2D eigenvalue weighted by atomic mass is 9.79. The number of fused-ring (bicyclic) bond motifs is 1. The summed E-state index contributed by atoms with van der Waals surface area (Å²) in [5, 5.41) is 0. The lowest BCUT2D eigenvalue weighted by molar-refractivity contribution is -0.871.